The van der Waals surface area contributed by atoms with E-state index in [1.54, 1.807) is 20.4 Å². The number of methoxy groups -OCH3 is 2. The number of aliphatic imine (C=N–C) groups is 1. The van der Waals surface area contributed by atoms with Crippen molar-refractivity contribution >= 4 is 33.8 Å². The predicted molar refractivity (Wildman–Crippen MR) is 107 cm³/mol. The number of guanidine groups is 1. The molecule has 2 rings (SSSR count). The summed E-state index contributed by atoms with van der Waals surface area (Å²) in [5, 5.41) is 3.36. The molecule has 0 unspecified atom stereocenters. The van der Waals surface area contributed by atoms with Crippen LogP contribution in [0.25, 0.3) is 0 Å². The SMILES string of the molecule is CN=C(NCCCCC(=O)OC)N1CCN(c2ncc(Br)c(OC)n2)CC1. The lowest BCUT2D eigenvalue weighted by Crippen LogP contribution is -2.53. The van der Waals surface area contributed by atoms with Crippen molar-refractivity contribution in [2.75, 3.05) is 58.9 Å². The lowest BCUT2D eigenvalue weighted by molar-refractivity contribution is -0.140. The molecule has 27 heavy (non-hydrogen) atoms. The van der Waals surface area contributed by atoms with Crippen molar-refractivity contribution in [3.8, 4) is 5.88 Å². The molecule has 1 aromatic rings. The van der Waals surface area contributed by atoms with Crippen LogP contribution in [-0.2, 0) is 9.53 Å². The Morgan fingerprint density at radius 3 is 2.67 bits per heavy atom. The Morgan fingerprint density at radius 1 is 1.30 bits per heavy atom. The first-order valence-electron chi connectivity index (χ1n) is 8.93. The van der Waals surface area contributed by atoms with Gasteiger partial charge in [0.1, 0.15) is 0 Å². The third-order valence-electron chi connectivity index (χ3n) is 4.28. The molecule has 0 bridgehead atoms. The number of nitrogens with one attached hydrogen (secondary N) is 1. The largest absolute Gasteiger partial charge is 0.480 e. The van der Waals surface area contributed by atoms with E-state index in [0.29, 0.717) is 18.2 Å². The number of hydrogen-bond acceptors (Lipinski definition) is 7. The maximum Gasteiger partial charge on any atom is 0.305 e. The van der Waals surface area contributed by atoms with Gasteiger partial charge >= 0.3 is 5.97 Å². The van der Waals surface area contributed by atoms with Crippen LogP contribution in [-0.4, -0.2) is 80.8 Å². The molecule has 1 aliphatic rings. The van der Waals surface area contributed by atoms with Crippen molar-refractivity contribution in [3.63, 3.8) is 0 Å². The molecule has 1 aliphatic heterocycles. The summed E-state index contributed by atoms with van der Waals surface area (Å²) < 4.78 is 10.6. The van der Waals surface area contributed by atoms with Crippen LogP contribution < -0.4 is 15.0 Å². The molecule has 10 heteroatoms. The van der Waals surface area contributed by atoms with Gasteiger partial charge in [0.05, 0.1) is 24.9 Å². The number of unbranched alkanes of at least 4 members (excludes halogenated alkanes) is 1. The number of piperazine rings is 1. The zero-order valence-corrected chi connectivity index (χ0v) is 17.7. The van der Waals surface area contributed by atoms with E-state index in [4.69, 9.17) is 4.74 Å². The maximum absolute atomic E-state index is 11.1. The van der Waals surface area contributed by atoms with Gasteiger partial charge in [0.2, 0.25) is 11.8 Å². The molecular weight excluding hydrogens is 416 g/mol. The van der Waals surface area contributed by atoms with E-state index in [0.717, 1.165) is 56.0 Å². The highest BCUT2D eigenvalue weighted by Gasteiger charge is 2.22. The molecule has 1 fully saturated rings. The number of rotatable bonds is 7. The van der Waals surface area contributed by atoms with Crippen LogP contribution >= 0.6 is 15.9 Å². The smallest absolute Gasteiger partial charge is 0.305 e. The van der Waals surface area contributed by atoms with E-state index in [2.05, 4.69) is 50.7 Å². The van der Waals surface area contributed by atoms with E-state index in [-0.39, 0.29) is 5.97 Å². The minimum Gasteiger partial charge on any atom is -0.480 e. The minimum absolute atomic E-state index is 0.165. The molecule has 0 atom stereocenters. The van der Waals surface area contributed by atoms with Crippen LogP contribution in [0.2, 0.25) is 0 Å². The average Bonchev–Trinajstić information content (AvgIpc) is 2.71. The first-order chi connectivity index (χ1) is 13.1. The van der Waals surface area contributed by atoms with Crippen molar-refractivity contribution in [3.05, 3.63) is 10.7 Å². The summed E-state index contributed by atoms with van der Waals surface area (Å²) in [5.41, 5.74) is 0. The highest BCUT2D eigenvalue weighted by Crippen LogP contribution is 2.23. The van der Waals surface area contributed by atoms with Gasteiger partial charge in [-0.2, -0.15) is 4.98 Å². The van der Waals surface area contributed by atoms with E-state index in [1.807, 2.05) is 0 Å². The molecule has 1 aromatic heterocycles. The zero-order chi connectivity index (χ0) is 19.6. The van der Waals surface area contributed by atoms with Crippen LogP contribution in [0, 0.1) is 0 Å². The highest BCUT2D eigenvalue weighted by atomic mass is 79.9. The Balaban J connectivity index is 1.78. The number of carbonyl (C=O) groups is 1. The summed E-state index contributed by atoms with van der Waals surface area (Å²) in [6.07, 6.45) is 3.85. The lowest BCUT2D eigenvalue weighted by atomic mass is 10.2. The molecule has 0 spiro atoms. The summed E-state index contributed by atoms with van der Waals surface area (Å²) in [6, 6.07) is 0. The molecule has 0 amide bonds. The van der Waals surface area contributed by atoms with Crippen LogP contribution in [0.3, 0.4) is 0 Å². The predicted octanol–water partition coefficient (Wildman–Crippen LogP) is 1.29. The van der Waals surface area contributed by atoms with Gasteiger partial charge in [-0.15, -0.1) is 0 Å². The number of hydrogen-bond donors (Lipinski definition) is 1. The van der Waals surface area contributed by atoms with Gasteiger partial charge in [0.25, 0.3) is 0 Å². The van der Waals surface area contributed by atoms with Crippen molar-refractivity contribution in [1.29, 1.82) is 0 Å². The number of halogens is 1. The Hall–Kier alpha value is -2.10. The number of ether oxygens (including phenoxy) is 2. The first kappa shape index (κ1) is 21.2. The van der Waals surface area contributed by atoms with Crippen molar-refractivity contribution in [2.24, 2.45) is 4.99 Å². The molecule has 1 saturated heterocycles. The molecule has 0 saturated carbocycles. The topological polar surface area (TPSA) is 92.2 Å². The second kappa shape index (κ2) is 10.9. The Kier molecular flexibility index (Phi) is 8.56. The minimum atomic E-state index is -0.165. The van der Waals surface area contributed by atoms with Gasteiger partial charge in [-0.1, -0.05) is 0 Å². The summed E-state index contributed by atoms with van der Waals surface area (Å²) >= 11 is 3.37. The van der Waals surface area contributed by atoms with Crippen molar-refractivity contribution in [1.82, 2.24) is 20.2 Å². The lowest BCUT2D eigenvalue weighted by Gasteiger charge is -2.36. The second-order valence-corrected chi connectivity index (χ2v) is 6.86. The van der Waals surface area contributed by atoms with Crippen LogP contribution in [0.5, 0.6) is 5.88 Å². The summed E-state index contributed by atoms with van der Waals surface area (Å²) in [6.45, 7) is 4.02. The monoisotopic (exact) mass is 442 g/mol. The van der Waals surface area contributed by atoms with Crippen molar-refractivity contribution < 1.29 is 14.3 Å². The molecule has 2 heterocycles. The van der Waals surface area contributed by atoms with E-state index >= 15 is 0 Å². The number of anilines is 1. The van der Waals surface area contributed by atoms with E-state index in [9.17, 15) is 4.79 Å². The first-order valence-corrected chi connectivity index (χ1v) is 9.72. The third-order valence-corrected chi connectivity index (χ3v) is 4.83. The van der Waals surface area contributed by atoms with Gasteiger partial charge in [-0.25, -0.2) is 4.98 Å². The maximum atomic E-state index is 11.1. The number of nitrogens with zero attached hydrogens (tertiary/aromatic N) is 5. The fourth-order valence-electron chi connectivity index (χ4n) is 2.79. The molecule has 150 valence electrons. The van der Waals surface area contributed by atoms with Gasteiger partial charge in [0, 0.05) is 46.2 Å². The number of carbonyl (C=O) groups excluding carboxylic acids is 1. The zero-order valence-electron chi connectivity index (χ0n) is 16.1. The fraction of sp³-hybridized carbons (Fsp3) is 0.647. The van der Waals surface area contributed by atoms with E-state index < -0.39 is 0 Å². The summed E-state index contributed by atoms with van der Waals surface area (Å²) in [7, 11) is 4.79. The summed E-state index contributed by atoms with van der Waals surface area (Å²) in [4.78, 5) is 28.6. The van der Waals surface area contributed by atoms with Gasteiger partial charge < -0.3 is 24.6 Å². The standard InChI is InChI=1S/C17H27BrN6O3/c1-19-16(20-7-5-4-6-14(25)26-2)23-8-10-24(11-9-23)17-21-12-13(18)15(22-17)27-3/h12H,4-11H2,1-3H3,(H,19,20). The molecule has 0 radical (unpaired) electrons. The van der Waals surface area contributed by atoms with Gasteiger partial charge in [-0.05, 0) is 28.8 Å². The normalized spacial score (nSPS) is 14.9. The molecule has 9 nitrogen and oxygen atoms in total. The Labute approximate surface area is 168 Å². The van der Waals surface area contributed by atoms with Crippen LogP contribution in [0.15, 0.2) is 15.7 Å². The van der Waals surface area contributed by atoms with Crippen LogP contribution in [0.4, 0.5) is 5.95 Å². The second-order valence-electron chi connectivity index (χ2n) is 6.01. The van der Waals surface area contributed by atoms with Crippen LogP contribution in [0.1, 0.15) is 19.3 Å². The van der Waals surface area contributed by atoms with Crippen molar-refractivity contribution in [2.45, 2.75) is 19.3 Å². The summed E-state index contributed by atoms with van der Waals surface area (Å²) in [5.74, 6) is 1.91. The third kappa shape index (κ3) is 6.23. The molecular formula is C17H27BrN6O3. The molecule has 0 aromatic carbocycles. The molecule has 0 aliphatic carbocycles. The van der Waals surface area contributed by atoms with E-state index in [1.165, 1.54) is 7.11 Å². The number of aromatic nitrogens is 2. The van der Waals surface area contributed by atoms with Gasteiger partial charge in [0.15, 0.2) is 5.96 Å². The average molecular weight is 443 g/mol. The van der Waals surface area contributed by atoms with Gasteiger partial charge in [-0.3, -0.25) is 9.79 Å². The quantitative estimate of drug-likeness (QED) is 0.292. The highest BCUT2D eigenvalue weighted by molar-refractivity contribution is 9.10. The Bertz CT molecular complexity index is 650. The Morgan fingerprint density at radius 2 is 2.04 bits per heavy atom. The molecule has 1 N–H and O–H groups in total. The fourth-order valence-corrected chi connectivity index (χ4v) is 3.14. The number of esters is 1.